The lowest BCUT2D eigenvalue weighted by Crippen LogP contribution is -2.56. The fourth-order valence-electron chi connectivity index (χ4n) is 5.60. The molecule has 20 heavy (non-hydrogen) atoms. The van der Waals surface area contributed by atoms with E-state index in [-0.39, 0.29) is 0 Å². The summed E-state index contributed by atoms with van der Waals surface area (Å²) in [6.45, 7) is 3.84. The molecule has 3 nitrogen and oxygen atoms in total. The second-order valence-corrected chi connectivity index (χ2v) is 7.67. The zero-order valence-electron chi connectivity index (χ0n) is 12.7. The molecule has 4 saturated carbocycles. The lowest BCUT2D eigenvalue weighted by atomic mass is 9.54. The molecule has 5 aliphatic rings. The number of amides is 1. The van der Waals surface area contributed by atoms with E-state index in [1.54, 1.807) is 0 Å². The number of carbonyl (C=O) groups is 1. The van der Waals surface area contributed by atoms with Gasteiger partial charge in [0.25, 0.3) is 0 Å². The van der Waals surface area contributed by atoms with Gasteiger partial charge in [-0.1, -0.05) is 0 Å². The molecule has 0 aromatic rings. The van der Waals surface area contributed by atoms with Gasteiger partial charge in [0, 0.05) is 31.8 Å². The molecule has 0 spiro atoms. The monoisotopic (exact) mass is 274 g/mol. The average molecular weight is 274 g/mol. The Labute approximate surface area is 121 Å². The number of hydrogen-bond acceptors (Lipinski definition) is 2. The second kappa shape index (κ2) is 4.59. The molecule has 110 valence electrons. The number of rotatable bonds is 2. The van der Waals surface area contributed by atoms with Crippen LogP contribution in [0.4, 0.5) is 0 Å². The number of nitrogens with one attached hydrogen (secondary N) is 1. The molecule has 0 atom stereocenters. The minimum Gasteiger partial charge on any atom is -0.338 e. The maximum atomic E-state index is 12.7. The molecule has 0 aromatic heterocycles. The van der Waals surface area contributed by atoms with E-state index in [0.29, 0.717) is 11.9 Å². The van der Waals surface area contributed by atoms with E-state index in [9.17, 15) is 4.79 Å². The van der Waals surface area contributed by atoms with Gasteiger partial charge < -0.3 is 10.2 Å². The van der Waals surface area contributed by atoms with Crippen molar-refractivity contribution in [3.63, 3.8) is 0 Å². The molecule has 1 aliphatic heterocycles. The normalized spacial score (nSPS) is 41.5. The fourth-order valence-corrected chi connectivity index (χ4v) is 5.60. The number of likely N-dealkylation sites (N-methyl/N-ethyl adjacent to an activating group) is 1. The van der Waals surface area contributed by atoms with Crippen molar-refractivity contribution in [3.05, 3.63) is 11.1 Å². The molecule has 4 aliphatic carbocycles. The third-order valence-corrected chi connectivity index (χ3v) is 6.47. The molecule has 5 fully saturated rings. The van der Waals surface area contributed by atoms with Gasteiger partial charge in [-0.2, -0.15) is 0 Å². The summed E-state index contributed by atoms with van der Waals surface area (Å²) in [4.78, 5) is 14.9. The van der Waals surface area contributed by atoms with Gasteiger partial charge in [-0.15, -0.1) is 0 Å². The van der Waals surface area contributed by atoms with Crippen molar-refractivity contribution < 1.29 is 4.79 Å². The summed E-state index contributed by atoms with van der Waals surface area (Å²) in [5.74, 6) is 3.83. The molecule has 0 aromatic carbocycles. The van der Waals surface area contributed by atoms with E-state index in [4.69, 9.17) is 0 Å². The van der Waals surface area contributed by atoms with Gasteiger partial charge in [0.05, 0.1) is 0 Å². The van der Waals surface area contributed by atoms with Gasteiger partial charge in [0.2, 0.25) is 5.91 Å². The quantitative estimate of drug-likeness (QED) is 0.783. The Morgan fingerprint density at radius 1 is 1.05 bits per heavy atom. The van der Waals surface area contributed by atoms with Gasteiger partial charge in [-0.25, -0.2) is 0 Å². The van der Waals surface area contributed by atoms with Crippen molar-refractivity contribution in [2.24, 2.45) is 23.7 Å². The van der Waals surface area contributed by atoms with Crippen LogP contribution in [0.5, 0.6) is 0 Å². The van der Waals surface area contributed by atoms with Crippen LogP contribution in [0.1, 0.15) is 39.0 Å². The van der Waals surface area contributed by atoms with E-state index in [0.717, 1.165) is 42.3 Å². The Hall–Kier alpha value is -0.830. The van der Waals surface area contributed by atoms with Crippen LogP contribution in [0.25, 0.3) is 0 Å². The summed E-state index contributed by atoms with van der Waals surface area (Å²) in [6, 6.07) is 0.527. The minimum absolute atomic E-state index is 0.291. The number of hydrogen-bond donors (Lipinski definition) is 1. The van der Waals surface area contributed by atoms with Crippen molar-refractivity contribution in [2.45, 2.75) is 45.1 Å². The predicted octanol–water partition coefficient (Wildman–Crippen LogP) is 2.19. The van der Waals surface area contributed by atoms with E-state index in [1.165, 1.54) is 37.7 Å². The Bertz CT molecular complexity index is 434. The Kier molecular flexibility index (Phi) is 2.95. The standard InChI is InChI=1S/C17H26N2O/c1-10(15-8-18-9-15)17(20)19(2)16-13-4-11-3-12(6-13)7-14(16)5-11/h11-14,16,18H,3-9H2,1-2H3. The molecular formula is C17H26N2O. The first-order valence-corrected chi connectivity index (χ1v) is 8.30. The van der Waals surface area contributed by atoms with Crippen LogP contribution >= 0.6 is 0 Å². The molecule has 4 bridgehead atoms. The molecule has 1 N–H and O–H groups in total. The molecule has 5 rings (SSSR count). The maximum absolute atomic E-state index is 12.7. The summed E-state index contributed by atoms with van der Waals surface area (Å²) in [5, 5.41) is 3.24. The summed E-state index contributed by atoms with van der Waals surface area (Å²) in [6.07, 6.45) is 7.00. The highest BCUT2D eigenvalue weighted by molar-refractivity contribution is 5.94. The molecule has 1 amide bonds. The van der Waals surface area contributed by atoms with E-state index < -0.39 is 0 Å². The SMILES string of the molecule is CC(C(=O)N(C)C1C2CC3CC(C2)CC1C3)=C1CNC1. The topological polar surface area (TPSA) is 32.3 Å². The predicted molar refractivity (Wildman–Crippen MR) is 79.2 cm³/mol. The zero-order chi connectivity index (χ0) is 13.9. The lowest BCUT2D eigenvalue weighted by molar-refractivity contribution is -0.137. The first kappa shape index (κ1) is 12.9. The minimum atomic E-state index is 0.291. The first-order valence-electron chi connectivity index (χ1n) is 8.30. The Balaban J connectivity index is 1.53. The molecular weight excluding hydrogens is 248 g/mol. The highest BCUT2D eigenvalue weighted by Crippen LogP contribution is 2.55. The smallest absolute Gasteiger partial charge is 0.249 e. The van der Waals surface area contributed by atoms with Crippen LogP contribution in [-0.4, -0.2) is 37.0 Å². The van der Waals surface area contributed by atoms with Gasteiger partial charge >= 0.3 is 0 Å². The first-order chi connectivity index (χ1) is 9.63. The van der Waals surface area contributed by atoms with E-state index in [2.05, 4.69) is 17.3 Å². The van der Waals surface area contributed by atoms with Crippen LogP contribution in [0.3, 0.4) is 0 Å². The summed E-state index contributed by atoms with van der Waals surface area (Å²) in [5.41, 5.74) is 2.31. The fraction of sp³-hybridized carbons (Fsp3) is 0.824. The lowest BCUT2D eigenvalue weighted by Gasteiger charge is -2.56. The van der Waals surface area contributed by atoms with Crippen molar-refractivity contribution in [2.75, 3.05) is 20.1 Å². The molecule has 3 heteroatoms. The third-order valence-electron chi connectivity index (χ3n) is 6.47. The largest absolute Gasteiger partial charge is 0.338 e. The van der Waals surface area contributed by atoms with E-state index >= 15 is 0 Å². The zero-order valence-corrected chi connectivity index (χ0v) is 12.7. The van der Waals surface area contributed by atoms with Crippen molar-refractivity contribution in [3.8, 4) is 0 Å². The number of carbonyl (C=O) groups excluding carboxylic acids is 1. The van der Waals surface area contributed by atoms with Crippen molar-refractivity contribution >= 4 is 5.91 Å². The van der Waals surface area contributed by atoms with Crippen LogP contribution in [0, 0.1) is 23.7 Å². The van der Waals surface area contributed by atoms with Gasteiger partial charge in [-0.3, -0.25) is 4.79 Å². The highest BCUT2D eigenvalue weighted by Gasteiger charge is 2.50. The van der Waals surface area contributed by atoms with Crippen molar-refractivity contribution in [1.82, 2.24) is 10.2 Å². The van der Waals surface area contributed by atoms with Gasteiger partial charge in [0.15, 0.2) is 0 Å². The van der Waals surface area contributed by atoms with E-state index in [1.807, 2.05) is 6.92 Å². The molecule has 0 unspecified atom stereocenters. The van der Waals surface area contributed by atoms with Crippen LogP contribution in [-0.2, 0) is 4.79 Å². The molecule has 1 heterocycles. The second-order valence-electron chi connectivity index (χ2n) is 7.67. The van der Waals surface area contributed by atoms with Crippen LogP contribution in [0.2, 0.25) is 0 Å². The average Bonchev–Trinajstić information content (AvgIpc) is 2.34. The molecule has 1 saturated heterocycles. The Morgan fingerprint density at radius 3 is 2.05 bits per heavy atom. The van der Waals surface area contributed by atoms with Gasteiger partial charge in [0.1, 0.15) is 0 Å². The summed E-state index contributed by atoms with van der Waals surface area (Å²) in [7, 11) is 2.06. The number of nitrogens with zero attached hydrogens (tertiary/aromatic N) is 1. The summed E-state index contributed by atoms with van der Waals surface area (Å²) < 4.78 is 0. The van der Waals surface area contributed by atoms with Crippen LogP contribution in [0.15, 0.2) is 11.1 Å². The summed E-state index contributed by atoms with van der Waals surface area (Å²) >= 11 is 0. The highest BCUT2D eigenvalue weighted by atomic mass is 16.2. The Morgan fingerprint density at radius 2 is 1.60 bits per heavy atom. The third kappa shape index (κ3) is 1.86. The maximum Gasteiger partial charge on any atom is 0.249 e. The van der Waals surface area contributed by atoms with Gasteiger partial charge in [-0.05, 0) is 68.3 Å². The van der Waals surface area contributed by atoms with Crippen LogP contribution < -0.4 is 5.32 Å². The van der Waals surface area contributed by atoms with Crippen molar-refractivity contribution in [1.29, 1.82) is 0 Å². The molecule has 0 radical (unpaired) electrons.